The van der Waals surface area contributed by atoms with Crippen molar-refractivity contribution in [1.82, 2.24) is 10.2 Å². The predicted octanol–water partition coefficient (Wildman–Crippen LogP) is 2.18. The summed E-state index contributed by atoms with van der Waals surface area (Å²) in [6.45, 7) is 12.6. The number of nitrogens with one attached hydrogen (secondary N) is 1. The Hall–Kier alpha value is -1.06. The van der Waals surface area contributed by atoms with E-state index in [4.69, 9.17) is 0 Å². The Labute approximate surface area is 116 Å². The molecule has 0 aliphatic carbocycles. The monoisotopic (exact) mass is 268 g/mol. The van der Waals surface area contributed by atoms with Crippen LogP contribution in [-0.2, 0) is 9.59 Å². The summed E-state index contributed by atoms with van der Waals surface area (Å²) in [6.07, 6.45) is 2.03. The number of carbonyl (C=O) groups is 2. The lowest BCUT2D eigenvalue weighted by atomic mass is 9.91. The summed E-state index contributed by atoms with van der Waals surface area (Å²) >= 11 is 0. The summed E-state index contributed by atoms with van der Waals surface area (Å²) in [6, 6.07) is -0.326. The van der Waals surface area contributed by atoms with E-state index in [-0.39, 0.29) is 23.8 Å². The second-order valence-corrected chi connectivity index (χ2v) is 6.84. The average molecular weight is 268 g/mol. The molecule has 0 radical (unpaired) electrons. The molecule has 0 aromatic carbocycles. The first-order valence-electron chi connectivity index (χ1n) is 7.30. The molecule has 0 aromatic heterocycles. The van der Waals surface area contributed by atoms with Crippen molar-refractivity contribution in [2.24, 2.45) is 11.8 Å². The zero-order valence-corrected chi connectivity index (χ0v) is 13.1. The third-order valence-corrected chi connectivity index (χ3v) is 3.65. The number of nitrogens with zero attached hydrogens (tertiary/aromatic N) is 1. The van der Waals surface area contributed by atoms with Gasteiger partial charge in [0.1, 0.15) is 11.6 Å². The Morgan fingerprint density at radius 2 is 1.79 bits per heavy atom. The SMILES string of the molecule is CC(C)CCCN1C(=O)C(C)(C)NC(=O)C1C(C)C. The molecule has 1 N–H and O–H groups in total. The van der Waals surface area contributed by atoms with E-state index in [9.17, 15) is 9.59 Å². The lowest BCUT2D eigenvalue weighted by Crippen LogP contribution is -2.69. The van der Waals surface area contributed by atoms with Crippen LogP contribution in [0.2, 0.25) is 0 Å². The second kappa shape index (κ2) is 5.93. The lowest BCUT2D eigenvalue weighted by molar-refractivity contribution is -0.155. The molecule has 19 heavy (non-hydrogen) atoms. The van der Waals surface area contributed by atoms with Gasteiger partial charge in [0.2, 0.25) is 11.8 Å². The van der Waals surface area contributed by atoms with Crippen molar-refractivity contribution in [2.45, 2.75) is 66.0 Å². The van der Waals surface area contributed by atoms with E-state index in [1.54, 1.807) is 18.7 Å². The van der Waals surface area contributed by atoms with Crippen LogP contribution in [0.5, 0.6) is 0 Å². The van der Waals surface area contributed by atoms with E-state index in [2.05, 4.69) is 19.2 Å². The number of carbonyl (C=O) groups excluding carboxylic acids is 2. The first-order chi connectivity index (χ1) is 8.66. The molecule has 0 spiro atoms. The topological polar surface area (TPSA) is 49.4 Å². The summed E-state index contributed by atoms with van der Waals surface area (Å²) in [7, 11) is 0. The van der Waals surface area contributed by atoms with Crippen molar-refractivity contribution in [3.63, 3.8) is 0 Å². The molecule has 0 bridgehead atoms. The quantitative estimate of drug-likeness (QED) is 0.831. The Balaban J connectivity index is 2.84. The maximum atomic E-state index is 12.5. The highest BCUT2D eigenvalue weighted by Crippen LogP contribution is 2.23. The number of hydrogen-bond acceptors (Lipinski definition) is 2. The van der Waals surface area contributed by atoms with Gasteiger partial charge in [0.25, 0.3) is 0 Å². The number of rotatable bonds is 5. The van der Waals surface area contributed by atoms with E-state index in [0.29, 0.717) is 12.5 Å². The molecule has 1 fully saturated rings. The molecule has 4 heteroatoms. The van der Waals surface area contributed by atoms with Crippen LogP contribution in [0, 0.1) is 11.8 Å². The van der Waals surface area contributed by atoms with Gasteiger partial charge in [0.05, 0.1) is 0 Å². The van der Waals surface area contributed by atoms with Crippen LogP contribution >= 0.6 is 0 Å². The Morgan fingerprint density at radius 1 is 1.21 bits per heavy atom. The molecule has 1 saturated heterocycles. The van der Waals surface area contributed by atoms with Crippen molar-refractivity contribution in [3.05, 3.63) is 0 Å². The van der Waals surface area contributed by atoms with Gasteiger partial charge in [-0.25, -0.2) is 0 Å². The van der Waals surface area contributed by atoms with Crippen molar-refractivity contribution >= 4 is 11.8 Å². The molecule has 1 aliphatic rings. The molecule has 4 nitrogen and oxygen atoms in total. The van der Waals surface area contributed by atoms with Gasteiger partial charge in [-0.15, -0.1) is 0 Å². The van der Waals surface area contributed by atoms with Crippen LogP contribution in [0.15, 0.2) is 0 Å². The molecule has 0 saturated carbocycles. The van der Waals surface area contributed by atoms with Gasteiger partial charge in [-0.1, -0.05) is 27.7 Å². The van der Waals surface area contributed by atoms with Gasteiger partial charge in [-0.3, -0.25) is 9.59 Å². The van der Waals surface area contributed by atoms with Crippen LogP contribution in [0.3, 0.4) is 0 Å². The van der Waals surface area contributed by atoms with E-state index < -0.39 is 5.54 Å². The van der Waals surface area contributed by atoms with Crippen LogP contribution < -0.4 is 5.32 Å². The van der Waals surface area contributed by atoms with Crippen LogP contribution in [-0.4, -0.2) is 34.8 Å². The highest BCUT2D eigenvalue weighted by atomic mass is 16.2. The molecule has 2 amide bonds. The zero-order chi connectivity index (χ0) is 14.8. The van der Waals surface area contributed by atoms with Gasteiger partial charge in [-0.2, -0.15) is 0 Å². The number of hydrogen-bond donors (Lipinski definition) is 1. The molecule has 1 rings (SSSR count). The fourth-order valence-electron chi connectivity index (χ4n) is 2.64. The first-order valence-corrected chi connectivity index (χ1v) is 7.30. The van der Waals surface area contributed by atoms with E-state index >= 15 is 0 Å². The molecule has 0 aromatic rings. The smallest absolute Gasteiger partial charge is 0.248 e. The lowest BCUT2D eigenvalue weighted by Gasteiger charge is -2.44. The van der Waals surface area contributed by atoms with Gasteiger partial charge in [0, 0.05) is 6.54 Å². The van der Waals surface area contributed by atoms with E-state index in [1.165, 1.54) is 0 Å². The molecule has 1 heterocycles. The molecule has 1 unspecified atom stereocenters. The fourth-order valence-corrected chi connectivity index (χ4v) is 2.64. The number of piperazine rings is 1. The van der Waals surface area contributed by atoms with Crippen molar-refractivity contribution < 1.29 is 9.59 Å². The van der Waals surface area contributed by atoms with Crippen molar-refractivity contribution in [2.75, 3.05) is 6.54 Å². The maximum Gasteiger partial charge on any atom is 0.248 e. The molecular weight excluding hydrogens is 240 g/mol. The third kappa shape index (κ3) is 3.71. The average Bonchev–Trinajstić information content (AvgIpc) is 2.23. The van der Waals surface area contributed by atoms with Gasteiger partial charge in [-0.05, 0) is 38.5 Å². The minimum Gasteiger partial charge on any atom is -0.340 e. The van der Waals surface area contributed by atoms with Crippen LogP contribution in [0.1, 0.15) is 54.4 Å². The van der Waals surface area contributed by atoms with Gasteiger partial charge >= 0.3 is 0 Å². The zero-order valence-electron chi connectivity index (χ0n) is 13.1. The van der Waals surface area contributed by atoms with Crippen LogP contribution in [0.25, 0.3) is 0 Å². The summed E-state index contributed by atoms with van der Waals surface area (Å²) in [4.78, 5) is 26.5. The number of amides is 2. The minimum absolute atomic E-state index is 0.0239. The Kier molecular flexibility index (Phi) is 4.99. The highest BCUT2D eigenvalue weighted by molar-refractivity contribution is 5.99. The second-order valence-electron chi connectivity index (χ2n) is 6.84. The molecule has 1 atom stereocenters. The van der Waals surface area contributed by atoms with Crippen molar-refractivity contribution in [3.8, 4) is 0 Å². The third-order valence-electron chi connectivity index (χ3n) is 3.65. The van der Waals surface area contributed by atoms with E-state index in [0.717, 1.165) is 12.8 Å². The molecule has 110 valence electrons. The normalized spacial score (nSPS) is 23.2. The standard InChI is InChI=1S/C15H28N2O2/c1-10(2)8-7-9-17-12(11(3)4)13(18)16-15(5,6)14(17)19/h10-12H,7-9H2,1-6H3,(H,16,18). The minimum atomic E-state index is -0.777. The van der Waals surface area contributed by atoms with Crippen molar-refractivity contribution in [1.29, 1.82) is 0 Å². The summed E-state index contributed by atoms with van der Waals surface area (Å²) < 4.78 is 0. The van der Waals surface area contributed by atoms with Gasteiger partial charge < -0.3 is 10.2 Å². The Bertz CT molecular complexity index is 348. The largest absolute Gasteiger partial charge is 0.340 e. The van der Waals surface area contributed by atoms with Crippen LogP contribution in [0.4, 0.5) is 0 Å². The maximum absolute atomic E-state index is 12.5. The predicted molar refractivity (Wildman–Crippen MR) is 76.6 cm³/mol. The summed E-state index contributed by atoms with van der Waals surface area (Å²) in [5, 5.41) is 2.84. The summed E-state index contributed by atoms with van der Waals surface area (Å²) in [5.74, 6) is 0.775. The van der Waals surface area contributed by atoms with Gasteiger partial charge in [0.15, 0.2) is 0 Å². The van der Waals surface area contributed by atoms with E-state index in [1.807, 2.05) is 13.8 Å². The summed E-state index contributed by atoms with van der Waals surface area (Å²) in [5.41, 5.74) is -0.777. The molecule has 1 aliphatic heterocycles. The fraction of sp³-hybridized carbons (Fsp3) is 0.867. The first kappa shape index (κ1) is 16.0. The highest BCUT2D eigenvalue weighted by Gasteiger charge is 2.45. The molecular formula is C15H28N2O2. The Morgan fingerprint density at radius 3 is 2.26 bits per heavy atom.